The smallest absolute Gasteiger partial charge is 0.406 e. The summed E-state index contributed by atoms with van der Waals surface area (Å²) in [4.78, 5) is 15.9. The summed E-state index contributed by atoms with van der Waals surface area (Å²) in [5.41, 5.74) is 6.72. The van der Waals surface area contributed by atoms with Gasteiger partial charge in [0.15, 0.2) is 5.96 Å². The van der Waals surface area contributed by atoms with Crippen LogP contribution in [-0.4, -0.2) is 31.3 Å². The molecule has 6 nitrogen and oxygen atoms in total. The number of alkyl halides is 3. The fourth-order valence-corrected chi connectivity index (χ4v) is 2.11. The van der Waals surface area contributed by atoms with Crippen LogP contribution < -0.4 is 21.1 Å². The standard InChI is InChI=1S/C18H18F4N4O2.HI/c1-11-2-3-12(10-15(11)19)16(27)24-8-9-25-17(23)26-13-4-6-14(7-5-13)28-18(20,21)22;/h2-7,10H,8-9H2,1H3,(H,24,27)(H3,23,25,26);1H. The number of aryl methyl sites for hydroxylation is 1. The van der Waals surface area contributed by atoms with E-state index in [2.05, 4.69) is 20.4 Å². The van der Waals surface area contributed by atoms with E-state index in [1.165, 1.54) is 24.3 Å². The van der Waals surface area contributed by atoms with Crippen LogP contribution in [0.5, 0.6) is 5.75 Å². The predicted octanol–water partition coefficient (Wildman–Crippen LogP) is 3.81. The van der Waals surface area contributed by atoms with E-state index in [0.29, 0.717) is 11.3 Å². The first kappa shape index (κ1) is 24.5. The Morgan fingerprint density at radius 3 is 2.41 bits per heavy atom. The summed E-state index contributed by atoms with van der Waals surface area (Å²) in [5, 5.41) is 5.27. The summed E-state index contributed by atoms with van der Waals surface area (Å²) in [5.74, 6) is -1.25. The van der Waals surface area contributed by atoms with Crippen molar-refractivity contribution in [1.29, 1.82) is 0 Å². The number of ether oxygens (including phenoxy) is 1. The van der Waals surface area contributed by atoms with Gasteiger partial charge < -0.3 is 21.1 Å². The highest BCUT2D eigenvalue weighted by molar-refractivity contribution is 14.0. The Morgan fingerprint density at radius 2 is 1.83 bits per heavy atom. The number of carbonyl (C=O) groups excluding carboxylic acids is 1. The third-order valence-corrected chi connectivity index (χ3v) is 3.47. The molecule has 0 fully saturated rings. The van der Waals surface area contributed by atoms with Gasteiger partial charge in [0.05, 0.1) is 6.54 Å². The second-order valence-corrected chi connectivity index (χ2v) is 5.68. The van der Waals surface area contributed by atoms with Crippen molar-refractivity contribution >= 4 is 41.5 Å². The maximum absolute atomic E-state index is 13.5. The molecule has 0 spiro atoms. The number of halogens is 5. The van der Waals surface area contributed by atoms with Crippen LogP contribution in [0.25, 0.3) is 0 Å². The van der Waals surface area contributed by atoms with Crippen LogP contribution in [0.1, 0.15) is 15.9 Å². The monoisotopic (exact) mass is 526 g/mol. The number of hydrogen-bond donors (Lipinski definition) is 3. The number of aliphatic imine (C=N–C) groups is 1. The molecule has 0 unspecified atom stereocenters. The van der Waals surface area contributed by atoms with Crippen LogP contribution in [-0.2, 0) is 0 Å². The lowest BCUT2D eigenvalue weighted by molar-refractivity contribution is -0.274. The fourth-order valence-electron chi connectivity index (χ4n) is 2.11. The molecule has 0 aliphatic carbocycles. The van der Waals surface area contributed by atoms with Crippen molar-refractivity contribution in [3.63, 3.8) is 0 Å². The van der Waals surface area contributed by atoms with E-state index in [4.69, 9.17) is 5.73 Å². The predicted molar refractivity (Wildman–Crippen MR) is 112 cm³/mol. The van der Waals surface area contributed by atoms with E-state index in [1.807, 2.05) is 0 Å². The summed E-state index contributed by atoms with van der Waals surface area (Å²) < 4.78 is 53.5. The summed E-state index contributed by atoms with van der Waals surface area (Å²) in [6.07, 6.45) is -4.76. The molecule has 2 aromatic carbocycles. The molecule has 0 radical (unpaired) electrons. The summed E-state index contributed by atoms with van der Waals surface area (Å²) in [6.45, 7) is 1.90. The number of benzene rings is 2. The zero-order chi connectivity index (χ0) is 20.7. The summed E-state index contributed by atoms with van der Waals surface area (Å²) in [7, 11) is 0. The van der Waals surface area contributed by atoms with Gasteiger partial charge in [-0.3, -0.25) is 9.79 Å². The number of nitrogens with one attached hydrogen (secondary N) is 2. The van der Waals surface area contributed by atoms with Gasteiger partial charge in [0.1, 0.15) is 11.6 Å². The summed E-state index contributed by atoms with van der Waals surface area (Å²) >= 11 is 0. The van der Waals surface area contributed by atoms with E-state index in [1.54, 1.807) is 6.92 Å². The van der Waals surface area contributed by atoms with Crippen molar-refractivity contribution in [3.8, 4) is 5.75 Å². The molecule has 2 rings (SSSR count). The van der Waals surface area contributed by atoms with Crippen LogP contribution in [0.2, 0.25) is 0 Å². The van der Waals surface area contributed by atoms with Gasteiger partial charge in [0.25, 0.3) is 5.91 Å². The molecule has 1 amide bonds. The molecule has 0 saturated heterocycles. The molecule has 0 atom stereocenters. The Kier molecular flexibility index (Phi) is 9.14. The molecule has 0 saturated carbocycles. The molecule has 0 aliphatic rings. The van der Waals surface area contributed by atoms with Crippen molar-refractivity contribution in [3.05, 3.63) is 59.4 Å². The van der Waals surface area contributed by atoms with Crippen molar-refractivity contribution in [2.45, 2.75) is 13.3 Å². The zero-order valence-corrected chi connectivity index (χ0v) is 17.5. The molecular formula is C18H19F4IN4O2. The van der Waals surface area contributed by atoms with Crippen LogP contribution in [0.4, 0.5) is 23.2 Å². The highest BCUT2D eigenvalue weighted by Crippen LogP contribution is 2.23. The molecule has 0 aromatic heterocycles. The number of hydrogen-bond acceptors (Lipinski definition) is 3. The van der Waals surface area contributed by atoms with Gasteiger partial charge >= 0.3 is 6.36 Å². The highest BCUT2D eigenvalue weighted by Gasteiger charge is 2.30. The lowest BCUT2D eigenvalue weighted by Crippen LogP contribution is -2.28. The third kappa shape index (κ3) is 8.54. The number of guanidine groups is 1. The Bertz CT molecular complexity index is 858. The first-order valence-electron chi connectivity index (χ1n) is 8.11. The number of rotatable bonds is 6. The maximum atomic E-state index is 13.5. The first-order valence-corrected chi connectivity index (χ1v) is 8.11. The molecule has 0 bridgehead atoms. The molecule has 0 aliphatic heterocycles. The SMILES string of the molecule is Cc1ccc(C(=O)NCCN=C(N)Nc2ccc(OC(F)(F)F)cc2)cc1F.I. The molecule has 158 valence electrons. The Labute approximate surface area is 181 Å². The van der Waals surface area contributed by atoms with E-state index < -0.39 is 18.1 Å². The second-order valence-electron chi connectivity index (χ2n) is 5.68. The normalized spacial score (nSPS) is 11.4. The Balaban J connectivity index is 0.00000420. The van der Waals surface area contributed by atoms with E-state index in [-0.39, 0.29) is 54.3 Å². The molecule has 2 aromatic rings. The molecule has 11 heteroatoms. The Morgan fingerprint density at radius 1 is 1.17 bits per heavy atom. The van der Waals surface area contributed by atoms with Crippen molar-refractivity contribution in [2.24, 2.45) is 10.7 Å². The average molecular weight is 526 g/mol. The number of nitrogens with zero attached hydrogens (tertiary/aromatic N) is 1. The molecule has 29 heavy (non-hydrogen) atoms. The third-order valence-electron chi connectivity index (χ3n) is 3.47. The van der Waals surface area contributed by atoms with Gasteiger partial charge in [-0.25, -0.2) is 4.39 Å². The van der Waals surface area contributed by atoms with Gasteiger partial charge in [0, 0.05) is 17.8 Å². The van der Waals surface area contributed by atoms with Gasteiger partial charge in [-0.2, -0.15) is 0 Å². The number of nitrogens with two attached hydrogens (primary N) is 1. The lowest BCUT2D eigenvalue weighted by Gasteiger charge is -2.10. The van der Waals surface area contributed by atoms with Crippen molar-refractivity contribution < 1.29 is 27.1 Å². The largest absolute Gasteiger partial charge is 0.573 e. The minimum atomic E-state index is -4.76. The van der Waals surface area contributed by atoms with E-state index in [0.717, 1.165) is 18.2 Å². The topological polar surface area (TPSA) is 88.7 Å². The van der Waals surface area contributed by atoms with Crippen molar-refractivity contribution in [2.75, 3.05) is 18.4 Å². The van der Waals surface area contributed by atoms with Gasteiger partial charge in [-0.1, -0.05) is 6.07 Å². The van der Waals surface area contributed by atoms with Crippen LogP contribution in [0.15, 0.2) is 47.5 Å². The quantitative estimate of drug-likeness (QED) is 0.176. The zero-order valence-electron chi connectivity index (χ0n) is 15.2. The minimum Gasteiger partial charge on any atom is -0.406 e. The highest BCUT2D eigenvalue weighted by atomic mass is 127. The van der Waals surface area contributed by atoms with Crippen LogP contribution in [0.3, 0.4) is 0 Å². The van der Waals surface area contributed by atoms with Crippen LogP contribution >= 0.6 is 24.0 Å². The minimum absolute atomic E-state index is 0. The average Bonchev–Trinajstić information content (AvgIpc) is 2.61. The summed E-state index contributed by atoms with van der Waals surface area (Å²) in [6, 6.07) is 9.12. The second kappa shape index (κ2) is 10.8. The van der Waals surface area contributed by atoms with E-state index >= 15 is 0 Å². The molecular weight excluding hydrogens is 507 g/mol. The lowest BCUT2D eigenvalue weighted by atomic mass is 10.1. The molecule has 0 heterocycles. The van der Waals surface area contributed by atoms with Gasteiger partial charge in [-0.15, -0.1) is 37.1 Å². The fraction of sp³-hybridized carbons (Fsp3) is 0.222. The number of carbonyl (C=O) groups is 1. The van der Waals surface area contributed by atoms with E-state index in [9.17, 15) is 22.4 Å². The van der Waals surface area contributed by atoms with Gasteiger partial charge in [-0.05, 0) is 48.9 Å². The van der Waals surface area contributed by atoms with Crippen molar-refractivity contribution in [1.82, 2.24) is 5.32 Å². The maximum Gasteiger partial charge on any atom is 0.573 e. The molecule has 4 N–H and O–H groups in total. The van der Waals surface area contributed by atoms with Gasteiger partial charge in [0.2, 0.25) is 0 Å². The Hall–Kier alpha value is -2.57. The first-order chi connectivity index (χ1) is 13.1. The van der Waals surface area contributed by atoms with Crippen LogP contribution in [0, 0.1) is 12.7 Å². The number of amides is 1. The number of anilines is 1.